The van der Waals surface area contributed by atoms with Gasteiger partial charge in [-0.2, -0.15) is 0 Å². The van der Waals surface area contributed by atoms with Gasteiger partial charge in [-0.1, -0.05) is 17.7 Å². The standard InChI is InChI=1S/C16H20N2O/c1-2-12-8-14-5-6-15(9-12)18(14)16(19)10-13-4-3-7-17-11-13/h2-4,7,11,14-15H,5-6,8-10H2,1H3. The summed E-state index contributed by atoms with van der Waals surface area (Å²) in [4.78, 5) is 18.7. The quantitative estimate of drug-likeness (QED) is 0.762. The van der Waals surface area contributed by atoms with Crippen LogP contribution in [0.4, 0.5) is 0 Å². The smallest absolute Gasteiger partial charge is 0.227 e. The third-order valence-corrected chi connectivity index (χ3v) is 4.39. The van der Waals surface area contributed by atoms with Crippen molar-refractivity contribution >= 4 is 5.91 Å². The number of piperidine rings is 1. The molecule has 3 rings (SSSR count). The summed E-state index contributed by atoms with van der Waals surface area (Å²) in [7, 11) is 0. The highest BCUT2D eigenvalue weighted by Gasteiger charge is 2.40. The number of hydrogen-bond acceptors (Lipinski definition) is 2. The van der Waals surface area contributed by atoms with Gasteiger partial charge in [0.15, 0.2) is 0 Å². The summed E-state index contributed by atoms with van der Waals surface area (Å²) >= 11 is 0. The average Bonchev–Trinajstić information content (AvgIpc) is 2.71. The van der Waals surface area contributed by atoms with Crippen LogP contribution < -0.4 is 0 Å². The van der Waals surface area contributed by atoms with E-state index >= 15 is 0 Å². The highest BCUT2D eigenvalue weighted by atomic mass is 16.2. The molecule has 0 saturated carbocycles. The van der Waals surface area contributed by atoms with E-state index in [-0.39, 0.29) is 5.91 Å². The Morgan fingerprint density at radius 2 is 2.16 bits per heavy atom. The maximum absolute atomic E-state index is 12.5. The van der Waals surface area contributed by atoms with E-state index in [4.69, 9.17) is 0 Å². The predicted octanol–water partition coefficient (Wildman–Crippen LogP) is 2.72. The first-order valence-electron chi connectivity index (χ1n) is 7.12. The zero-order chi connectivity index (χ0) is 13.2. The van der Waals surface area contributed by atoms with Gasteiger partial charge in [-0.3, -0.25) is 9.78 Å². The molecule has 19 heavy (non-hydrogen) atoms. The van der Waals surface area contributed by atoms with E-state index in [0.29, 0.717) is 18.5 Å². The van der Waals surface area contributed by atoms with Crippen LogP contribution in [0.15, 0.2) is 36.2 Å². The van der Waals surface area contributed by atoms with Gasteiger partial charge in [0.05, 0.1) is 6.42 Å². The molecule has 1 aromatic rings. The Bertz CT molecular complexity index is 479. The Hall–Kier alpha value is -1.64. The highest BCUT2D eigenvalue weighted by molar-refractivity contribution is 5.80. The molecular weight excluding hydrogens is 236 g/mol. The summed E-state index contributed by atoms with van der Waals surface area (Å²) in [5, 5.41) is 0. The van der Waals surface area contributed by atoms with Crippen molar-refractivity contribution in [1.82, 2.24) is 9.88 Å². The largest absolute Gasteiger partial charge is 0.336 e. The van der Waals surface area contributed by atoms with Crippen molar-refractivity contribution in [1.29, 1.82) is 0 Å². The van der Waals surface area contributed by atoms with Gasteiger partial charge in [0.1, 0.15) is 0 Å². The Morgan fingerprint density at radius 3 is 2.74 bits per heavy atom. The van der Waals surface area contributed by atoms with Crippen LogP contribution in [-0.4, -0.2) is 27.9 Å². The Balaban J connectivity index is 1.72. The number of nitrogens with zero attached hydrogens (tertiary/aromatic N) is 2. The number of fused-ring (bicyclic) bond motifs is 2. The lowest BCUT2D eigenvalue weighted by atomic mass is 9.96. The molecule has 2 unspecified atom stereocenters. The molecule has 3 heterocycles. The second-order valence-electron chi connectivity index (χ2n) is 5.58. The summed E-state index contributed by atoms with van der Waals surface area (Å²) in [6.07, 6.45) is 10.7. The van der Waals surface area contributed by atoms with E-state index in [2.05, 4.69) is 22.9 Å². The summed E-state index contributed by atoms with van der Waals surface area (Å²) in [6.45, 7) is 2.11. The van der Waals surface area contributed by atoms with E-state index < -0.39 is 0 Å². The Labute approximate surface area is 114 Å². The van der Waals surface area contributed by atoms with Crippen LogP contribution in [0.5, 0.6) is 0 Å². The van der Waals surface area contributed by atoms with Crippen molar-refractivity contribution < 1.29 is 4.79 Å². The van der Waals surface area contributed by atoms with E-state index in [1.165, 1.54) is 18.4 Å². The first-order chi connectivity index (χ1) is 9.28. The molecule has 3 nitrogen and oxygen atoms in total. The first kappa shape index (κ1) is 12.4. The molecule has 2 atom stereocenters. The zero-order valence-corrected chi connectivity index (χ0v) is 11.4. The fourth-order valence-electron chi connectivity index (χ4n) is 3.46. The molecule has 2 aliphatic rings. The van der Waals surface area contributed by atoms with Crippen LogP contribution in [0.25, 0.3) is 0 Å². The van der Waals surface area contributed by atoms with Crippen LogP contribution >= 0.6 is 0 Å². The second-order valence-corrected chi connectivity index (χ2v) is 5.58. The number of carbonyl (C=O) groups is 1. The lowest BCUT2D eigenvalue weighted by Gasteiger charge is -2.36. The molecule has 2 bridgehead atoms. The Kier molecular flexibility index (Phi) is 3.36. The van der Waals surface area contributed by atoms with Crippen LogP contribution in [0.1, 0.15) is 38.2 Å². The van der Waals surface area contributed by atoms with Crippen LogP contribution in [0, 0.1) is 0 Å². The van der Waals surface area contributed by atoms with Crippen molar-refractivity contribution in [3.8, 4) is 0 Å². The van der Waals surface area contributed by atoms with Crippen molar-refractivity contribution in [3.63, 3.8) is 0 Å². The maximum Gasteiger partial charge on any atom is 0.227 e. The second kappa shape index (κ2) is 5.16. The van der Waals surface area contributed by atoms with Gasteiger partial charge >= 0.3 is 0 Å². The number of hydrogen-bond donors (Lipinski definition) is 0. The number of aromatic nitrogens is 1. The van der Waals surface area contributed by atoms with Gasteiger partial charge in [0.25, 0.3) is 0 Å². The van der Waals surface area contributed by atoms with Crippen molar-refractivity contribution in [2.24, 2.45) is 0 Å². The van der Waals surface area contributed by atoms with Crippen LogP contribution in [0.2, 0.25) is 0 Å². The summed E-state index contributed by atoms with van der Waals surface area (Å²) < 4.78 is 0. The van der Waals surface area contributed by atoms with Crippen LogP contribution in [-0.2, 0) is 11.2 Å². The Morgan fingerprint density at radius 1 is 1.42 bits per heavy atom. The van der Waals surface area contributed by atoms with Crippen molar-refractivity contribution in [3.05, 3.63) is 41.7 Å². The number of pyridine rings is 1. The number of carbonyl (C=O) groups excluding carboxylic acids is 1. The number of rotatable bonds is 2. The molecule has 0 N–H and O–H groups in total. The topological polar surface area (TPSA) is 33.2 Å². The summed E-state index contributed by atoms with van der Waals surface area (Å²) in [5.74, 6) is 0.274. The summed E-state index contributed by atoms with van der Waals surface area (Å²) in [6, 6.07) is 4.75. The number of allylic oxidation sites excluding steroid dienone is 1. The molecule has 100 valence electrons. The molecule has 0 aliphatic carbocycles. The average molecular weight is 256 g/mol. The zero-order valence-electron chi connectivity index (χ0n) is 11.4. The third-order valence-electron chi connectivity index (χ3n) is 4.39. The first-order valence-corrected chi connectivity index (χ1v) is 7.12. The molecule has 1 amide bonds. The van der Waals surface area contributed by atoms with E-state index in [9.17, 15) is 4.79 Å². The van der Waals surface area contributed by atoms with Gasteiger partial charge in [-0.05, 0) is 44.2 Å². The molecule has 2 aliphatic heterocycles. The predicted molar refractivity (Wildman–Crippen MR) is 74.6 cm³/mol. The van der Waals surface area contributed by atoms with E-state index in [0.717, 1.165) is 18.4 Å². The van der Waals surface area contributed by atoms with Gasteiger partial charge in [0.2, 0.25) is 5.91 Å². The lowest BCUT2D eigenvalue weighted by molar-refractivity contribution is -0.134. The minimum Gasteiger partial charge on any atom is -0.336 e. The fraction of sp³-hybridized carbons (Fsp3) is 0.500. The normalized spacial score (nSPS) is 25.5. The van der Waals surface area contributed by atoms with Crippen LogP contribution in [0.3, 0.4) is 0 Å². The molecule has 2 saturated heterocycles. The minimum atomic E-state index is 0.274. The van der Waals surface area contributed by atoms with Gasteiger partial charge in [-0.15, -0.1) is 0 Å². The van der Waals surface area contributed by atoms with E-state index in [1.807, 2.05) is 12.1 Å². The van der Waals surface area contributed by atoms with Crippen molar-refractivity contribution in [2.45, 2.75) is 51.1 Å². The number of amides is 1. The molecule has 1 aromatic heterocycles. The van der Waals surface area contributed by atoms with Gasteiger partial charge < -0.3 is 4.90 Å². The van der Waals surface area contributed by atoms with Gasteiger partial charge in [0, 0.05) is 24.5 Å². The molecule has 0 spiro atoms. The van der Waals surface area contributed by atoms with Crippen molar-refractivity contribution in [2.75, 3.05) is 0 Å². The molecule has 0 aromatic carbocycles. The molecule has 2 fully saturated rings. The molecule has 3 heteroatoms. The third kappa shape index (κ3) is 2.42. The highest BCUT2D eigenvalue weighted by Crippen LogP contribution is 2.38. The monoisotopic (exact) mass is 256 g/mol. The molecular formula is C16H20N2O. The molecule has 0 radical (unpaired) electrons. The maximum atomic E-state index is 12.5. The van der Waals surface area contributed by atoms with Gasteiger partial charge in [-0.25, -0.2) is 0 Å². The van der Waals surface area contributed by atoms with E-state index in [1.54, 1.807) is 12.4 Å². The minimum absolute atomic E-state index is 0.274. The lowest BCUT2D eigenvalue weighted by Crippen LogP contribution is -2.45. The summed E-state index contributed by atoms with van der Waals surface area (Å²) in [5.41, 5.74) is 2.54. The SMILES string of the molecule is CC=C1CC2CCC(C1)N2C(=O)Cc1cccnc1. The fourth-order valence-corrected chi connectivity index (χ4v) is 3.46.